The van der Waals surface area contributed by atoms with Crippen molar-refractivity contribution in [3.8, 4) is 5.75 Å². The molecule has 3 atom stereocenters. The quantitative estimate of drug-likeness (QED) is 0.900. The van der Waals surface area contributed by atoms with Crippen LogP contribution in [0.3, 0.4) is 0 Å². The smallest absolute Gasteiger partial charge is 0.167 e. The summed E-state index contributed by atoms with van der Waals surface area (Å²) in [5.74, 6) is -0.667. The summed E-state index contributed by atoms with van der Waals surface area (Å²) < 4.78 is 32.4. The fraction of sp³-hybridized carbons (Fsp3) is 0.647. The van der Waals surface area contributed by atoms with Gasteiger partial charge in [-0.2, -0.15) is 0 Å². The topological polar surface area (TPSA) is 35.2 Å². The number of ether oxygens (including phenoxy) is 1. The molecule has 2 rings (SSSR count). The summed E-state index contributed by atoms with van der Waals surface area (Å²) in [6, 6.07) is 3.29. The molecule has 0 aliphatic heterocycles. The lowest BCUT2D eigenvalue weighted by atomic mass is 9.68. The van der Waals surface area contributed by atoms with Crippen LogP contribution in [-0.2, 0) is 0 Å². The van der Waals surface area contributed by atoms with Gasteiger partial charge in [0.25, 0.3) is 0 Å². The first-order chi connectivity index (χ1) is 9.83. The molecular weight excluding hydrogens is 272 g/mol. The largest absolute Gasteiger partial charge is 0.486 e. The SMILES string of the molecule is CCC(C)(C)C1CCC(N)C(Oc2ccc(F)cc2F)C1. The molecule has 1 aliphatic rings. The zero-order valence-electron chi connectivity index (χ0n) is 13.0. The average Bonchev–Trinajstić information content (AvgIpc) is 2.43. The van der Waals surface area contributed by atoms with Gasteiger partial charge >= 0.3 is 0 Å². The Morgan fingerprint density at radius 2 is 2.00 bits per heavy atom. The van der Waals surface area contributed by atoms with E-state index < -0.39 is 11.6 Å². The Morgan fingerprint density at radius 1 is 1.29 bits per heavy atom. The lowest BCUT2D eigenvalue weighted by Gasteiger charge is -2.41. The van der Waals surface area contributed by atoms with Crippen LogP contribution in [0.15, 0.2) is 18.2 Å². The van der Waals surface area contributed by atoms with Crippen LogP contribution in [-0.4, -0.2) is 12.1 Å². The van der Waals surface area contributed by atoms with E-state index in [9.17, 15) is 8.78 Å². The predicted octanol–water partition coefficient (Wildman–Crippen LogP) is 4.28. The van der Waals surface area contributed by atoms with E-state index in [1.807, 2.05) is 0 Å². The van der Waals surface area contributed by atoms with E-state index in [1.165, 1.54) is 12.1 Å². The predicted molar refractivity (Wildman–Crippen MR) is 80.2 cm³/mol. The van der Waals surface area contributed by atoms with Crippen LogP contribution in [0.5, 0.6) is 5.75 Å². The van der Waals surface area contributed by atoms with E-state index in [0.29, 0.717) is 5.92 Å². The molecule has 1 aliphatic carbocycles. The Morgan fingerprint density at radius 3 is 2.62 bits per heavy atom. The molecule has 21 heavy (non-hydrogen) atoms. The highest BCUT2D eigenvalue weighted by atomic mass is 19.1. The summed E-state index contributed by atoms with van der Waals surface area (Å²) in [6.45, 7) is 6.69. The van der Waals surface area contributed by atoms with E-state index in [-0.39, 0.29) is 23.3 Å². The van der Waals surface area contributed by atoms with Crippen molar-refractivity contribution in [1.82, 2.24) is 0 Å². The molecule has 0 bridgehead atoms. The maximum atomic E-state index is 13.7. The highest BCUT2D eigenvalue weighted by molar-refractivity contribution is 5.25. The zero-order chi connectivity index (χ0) is 15.6. The maximum absolute atomic E-state index is 13.7. The third-order valence-electron chi connectivity index (χ3n) is 5.03. The van der Waals surface area contributed by atoms with Crippen molar-refractivity contribution in [2.45, 2.75) is 58.6 Å². The third kappa shape index (κ3) is 3.73. The second-order valence-corrected chi connectivity index (χ2v) is 6.75. The van der Waals surface area contributed by atoms with E-state index in [0.717, 1.165) is 31.7 Å². The van der Waals surface area contributed by atoms with Gasteiger partial charge in [-0.3, -0.25) is 0 Å². The summed E-state index contributed by atoms with van der Waals surface area (Å²) >= 11 is 0. The second kappa shape index (κ2) is 6.30. The van der Waals surface area contributed by atoms with Crippen molar-refractivity contribution in [2.75, 3.05) is 0 Å². The Kier molecular flexibility index (Phi) is 4.87. The molecule has 118 valence electrons. The molecule has 2 N–H and O–H groups in total. The number of benzene rings is 1. The molecule has 0 aromatic heterocycles. The van der Waals surface area contributed by atoms with Gasteiger partial charge < -0.3 is 10.5 Å². The van der Waals surface area contributed by atoms with E-state index in [1.54, 1.807) is 0 Å². The first kappa shape index (κ1) is 16.2. The van der Waals surface area contributed by atoms with Gasteiger partial charge in [-0.15, -0.1) is 0 Å². The van der Waals surface area contributed by atoms with Gasteiger partial charge in [0.15, 0.2) is 11.6 Å². The highest BCUT2D eigenvalue weighted by Gasteiger charge is 2.37. The standard InChI is InChI=1S/C17H25F2NO/c1-4-17(2,3)11-5-7-14(20)16(9-11)21-15-8-6-12(18)10-13(15)19/h6,8,10-11,14,16H,4-5,7,9,20H2,1-3H3. The molecule has 2 nitrogen and oxygen atoms in total. The summed E-state index contributed by atoms with van der Waals surface area (Å²) in [5.41, 5.74) is 6.36. The number of rotatable bonds is 4. The normalized spacial score (nSPS) is 26.7. The molecular formula is C17H25F2NO. The van der Waals surface area contributed by atoms with Crippen LogP contribution in [0.4, 0.5) is 8.78 Å². The molecule has 0 amide bonds. The average molecular weight is 297 g/mol. The molecule has 3 unspecified atom stereocenters. The molecule has 1 fully saturated rings. The van der Waals surface area contributed by atoms with Gasteiger partial charge in [0.2, 0.25) is 0 Å². The van der Waals surface area contributed by atoms with Gasteiger partial charge in [0, 0.05) is 12.1 Å². The van der Waals surface area contributed by atoms with Crippen LogP contribution in [0, 0.1) is 23.0 Å². The second-order valence-electron chi connectivity index (χ2n) is 6.75. The minimum atomic E-state index is -0.668. The molecule has 0 spiro atoms. The zero-order valence-corrected chi connectivity index (χ0v) is 13.0. The summed E-state index contributed by atoms with van der Waals surface area (Å²) in [7, 11) is 0. The lowest BCUT2D eigenvalue weighted by molar-refractivity contribution is 0.0479. The fourth-order valence-corrected chi connectivity index (χ4v) is 3.02. The summed E-state index contributed by atoms with van der Waals surface area (Å²) in [6.07, 6.45) is 3.65. The minimum absolute atomic E-state index is 0.0896. The van der Waals surface area contributed by atoms with Crippen molar-refractivity contribution in [2.24, 2.45) is 17.1 Å². The number of hydrogen-bond donors (Lipinski definition) is 1. The Bertz CT molecular complexity index is 490. The first-order valence-corrected chi connectivity index (χ1v) is 7.70. The number of nitrogens with two attached hydrogens (primary N) is 1. The van der Waals surface area contributed by atoms with Crippen molar-refractivity contribution in [1.29, 1.82) is 0 Å². The monoisotopic (exact) mass is 297 g/mol. The minimum Gasteiger partial charge on any atom is -0.486 e. The van der Waals surface area contributed by atoms with Gasteiger partial charge in [0.1, 0.15) is 11.9 Å². The lowest BCUT2D eigenvalue weighted by Crippen LogP contribution is -2.46. The number of hydrogen-bond acceptors (Lipinski definition) is 2. The summed E-state index contributed by atoms with van der Waals surface area (Å²) in [4.78, 5) is 0. The molecule has 0 saturated heterocycles. The van der Waals surface area contributed by atoms with Crippen LogP contribution in [0.2, 0.25) is 0 Å². The van der Waals surface area contributed by atoms with Crippen molar-refractivity contribution in [3.05, 3.63) is 29.8 Å². The number of halogens is 2. The molecule has 1 aromatic rings. The Labute approximate surface area is 125 Å². The van der Waals surface area contributed by atoms with Crippen molar-refractivity contribution < 1.29 is 13.5 Å². The maximum Gasteiger partial charge on any atom is 0.167 e. The van der Waals surface area contributed by atoms with Gasteiger partial charge in [-0.05, 0) is 42.7 Å². The van der Waals surface area contributed by atoms with Crippen molar-refractivity contribution >= 4 is 0 Å². The molecule has 1 aromatic carbocycles. The molecule has 4 heteroatoms. The van der Waals surface area contributed by atoms with Crippen LogP contribution < -0.4 is 10.5 Å². The van der Waals surface area contributed by atoms with Crippen LogP contribution >= 0.6 is 0 Å². The highest BCUT2D eigenvalue weighted by Crippen LogP contribution is 2.41. The summed E-state index contributed by atoms with van der Waals surface area (Å²) in [5, 5.41) is 0. The Balaban J connectivity index is 2.10. The third-order valence-corrected chi connectivity index (χ3v) is 5.03. The van der Waals surface area contributed by atoms with E-state index >= 15 is 0 Å². The van der Waals surface area contributed by atoms with Gasteiger partial charge in [-0.1, -0.05) is 27.2 Å². The van der Waals surface area contributed by atoms with Crippen LogP contribution in [0.25, 0.3) is 0 Å². The fourth-order valence-electron chi connectivity index (χ4n) is 3.02. The van der Waals surface area contributed by atoms with Crippen molar-refractivity contribution in [3.63, 3.8) is 0 Å². The van der Waals surface area contributed by atoms with Gasteiger partial charge in [0.05, 0.1) is 0 Å². The van der Waals surface area contributed by atoms with Gasteiger partial charge in [-0.25, -0.2) is 8.78 Å². The molecule has 1 saturated carbocycles. The van der Waals surface area contributed by atoms with E-state index in [2.05, 4.69) is 20.8 Å². The Hall–Kier alpha value is -1.16. The van der Waals surface area contributed by atoms with Crippen LogP contribution in [0.1, 0.15) is 46.5 Å². The molecule has 0 heterocycles. The first-order valence-electron chi connectivity index (χ1n) is 7.70. The molecule has 0 radical (unpaired) electrons. The van der Waals surface area contributed by atoms with E-state index in [4.69, 9.17) is 10.5 Å².